The standard InChI is InChI=1S/C15H13BrFNOS/c1-2-9-7-10(16)3-6-14(9)18-15(19)12-8-11(20)4-5-13(12)17/h3-8,20H,2H2,1H3,(H,18,19). The van der Waals surface area contributed by atoms with E-state index in [0.29, 0.717) is 10.6 Å². The van der Waals surface area contributed by atoms with E-state index in [1.165, 1.54) is 18.2 Å². The van der Waals surface area contributed by atoms with Gasteiger partial charge >= 0.3 is 0 Å². The van der Waals surface area contributed by atoms with Gasteiger partial charge in [0.05, 0.1) is 5.56 Å². The fourth-order valence-corrected chi connectivity index (χ4v) is 2.47. The molecule has 104 valence electrons. The molecule has 0 bridgehead atoms. The lowest BCUT2D eigenvalue weighted by atomic mass is 10.1. The Balaban J connectivity index is 2.30. The van der Waals surface area contributed by atoms with Gasteiger partial charge in [-0.3, -0.25) is 4.79 Å². The van der Waals surface area contributed by atoms with Crippen molar-refractivity contribution in [2.24, 2.45) is 0 Å². The Morgan fingerprint density at radius 1 is 1.30 bits per heavy atom. The van der Waals surface area contributed by atoms with Crippen LogP contribution in [0.4, 0.5) is 10.1 Å². The smallest absolute Gasteiger partial charge is 0.258 e. The maximum absolute atomic E-state index is 13.7. The van der Waals surface area contributed by atoms with Crippen LogP contribution in [-0.2, 0) is 6.42 Å². The van der Waals surface area contributed by atoms with Crippen molar-refractivity contribution in [3.05, 3.63) is 57.8 Å². The van der Waals surface area contributed by atoms with Crippen LogP contribution in [0.15, 0.2) is 45.8 Å². The van der Waals surface area contributed by atoms with Gasteiger partial charge in [-0.15, -0.1) is 12.6 Å². The van der Waals surface area contributed by atoms with Crippen molar-refractivity contribution in [3.63, 3.8) is 0 Å². The number of carbonyl (C=O) groups excluding carboxylic acids is 1. The van der Waals surface area contributed by atoms with E-state index in [4.69, 9.17) is 0 Å². The monoisotopic (exact) mass is 353 g/mol. The highest BCUT2D eigenvalue weighted by atomic mass is 79.9. The van der Waals surface area contributed by atoms with Crippen LogP contribution in [0.1, 0.15) is 22.8 Å². The van der Waals surface area contributed by atoms with Gasteiger partial charge in [0.1, 0.15) is 5.82 Å². The molecule has 2 nitrogen and oxygen atoms in total. The van der Waals surface area contributed by atoms with E-state index in [-0.39, 0.29) is 5.56 Å². The zero-order valence-corrected chi connectivity index (χ0v) is 13.3. The molecule has 0 unspecified atom stereocenters. The number of nitrogens with one attached hydrogen (secondary N) is 1. The number of benzene rings is 2. The van der Waals surface area contributed by atoms with Crippen LogP contribution >= 0.6 is 28.6 Å². The van der Waals surface area contributed by atoms with Crippen LogP contribution < -0.4 is 5.32 Å². The molecule has 2 aromatic rings. The van der Waals surface area contributed by atoms with Crippen LogP contribution in [-0.4, -0.2) is 5.91 Å². The summed E-state index contributed by atoms with van der Waals surface area (Å²) in [4.78, 5) is 12.7. The molecule has 0 aromatic heterocycles. The van der Waals surface area contributed by atoms with Gasteiger partial charge < -0.3 is 5.32 Å². The van der Waals surface area contributed by atoms with E-state index in [9.17, 15) is 9.18 Å². The van der Waals surface area contributed by atoms with E-state index < -0.39 is 11.7 Å². The van der Waals surface area contributed by atoms with Crippen molar-refractivity contribution in [1.82, 2.24) is 0 Å². The summed E-state index contributed by atoms with van der Waals surface area (Å²) in [5, 5.41) is 2.74. The molecule has 0 spiro atoms. The molecule has 0 aliphatic heterocycles. The Hall–Kier alpha value is -1.33. The second kappa shape index (κ2) is 6.41. The van der Waals surface area contributed by atoms with Crippen molar-refractivity contribution in [2.45, 2.75) is 18.2 Å². The predicted molar refractivity (Wildman–Crippen MR) is 85.1 cm³/mol. The SMILES string of the molecule is CCc1cc(Br)ccc1NC(=O)c1cc(S)ccc1F. The minimum Gasteiger partial charge on any atom is -0.322 e. The minimum absolute atomic E-state index is 0.0116. The molecule has 2 rings (SSSR count). The second-order valence-corrected chi connectivity index (χ2v) is 5.71. The van der Waals surface area contributed by atoms with Gasteiger partial charge in [-0.05, 0) is 48.4 Å². The fourth-order valence-electron chi connectivity index (χ4n) is 1.85. The number of carbonyl (C=O) groups is 1. The van der Waals surface area contributed by atoms with Gasteiger partial charge in [0.25, 0.3) is 5.91 Å². The quantitative estimate of drug-likeness (QED) is 0.770. The molecule has 1 amide bonds. The Kier molecular flexibility index (Phi) is 4.83. The predicted octanol–water partition coefficient (Wildman–Crippen LogP) is 4.69. The largest absolute Gasteiger partial charge is 0.322 e. The summed E-state index contributed by atoms with van der Waals surface area (Å²) in [6, 6.07) is 9.72. The highest BCUT2D eigenvalue weighted by Crippen LogP contribution is 2.23. The highest BCUT2D eigenvalue weighted by Gasteiger charge is 2.13. The first-order valence-corrected chi connectivity index (χ1v) is 7.33. The van der Waals surface area contributed by atoms with Crippen LogP contribution in [0.5, 0.6) is 0 Å². The number of halogens is 2. The minimum atomic E-state index is -0.560. The lowest BCUT2D eigenvalue weighted by Gasteiger charge is -2.11. The fraction of sp³-hybridized carbons (Fsp3) is 0.133. The van der Waals surface area contributed by atoms with Crippen molar-refractivity contribution in [2.75, 3.05) is 5.32 Å². The number of thiol groups is 1. The molecule has 0 saturated carbocycles. The molecule has 0 aliphatic carbocycles. The van der Waals surface area contributed by atoms with Gasteiger partial charge in [-0.25, -0.2) is 4.39 Å². The maximum Gasteiger partial charge on any atom is 0.258 e. The average molecular weight is 354 g/mol. The van der Waals surface area contributed by atoms with Crippen LogP contribution in [0.2, 0.25) is 0 Å². The zero-order chi connectivity index (χ0) is 14.7. The van der Waals surface area contributed by atoms with Gasteiger partial charge in [-0.2, -0.15) is 0 Å². The third-order valence-corrected chi connectivity index (χ3v) is 3.66. The molecule has 0 atom stereocenters. The first kappa shape index (κ1) is 15.1. The Morgan fingerprint density at radius 3 is 2.75 bits per heavy atom. The van der Waals surface area contributed by atoms with E-state index >= 15 is 0 Å². The molecule has 20 heavy (non-hydrogen) atoms. The molecule has 0 heterocycles. The highest BCUT2D eigenvalue weighted by molar-refractivity contribution is 9.10. The van der Waals surface area contributed by atoms with Crippen LogP contribution in [0, 0.1) is 5.82 Å². The van der Waals surface area contributed by atoms with Gasteiger partial charge in [0.15, 0.2) is 0 Å². The third kappa shape index (κ3) is 3.41. The molecular weight excluding hydrogens is 341 g/mol. The molecule has 0 radical (unpaired) electrons. The normalized spacial score (nSPS) is 10.4. The first-order valence-electron chi connectivity index (χ1n) is 6.09. The molecule has 1 N–H and O–H groups in total. The van der Waals surface area contributed by atoms with E-state index in [0.717, 1.165) is 16.5 Å². The van der Waals surface area contributed by atoms with Crippen molar-refractivity contribution < 1.29 is 9.18 Å². The number of anilines is 1. The molecule has 0 saturated heterocycles. The number of aryl methyl sites for hydroxylation is 1. The van der Waals surface area contributed by atoms with Crippen LogP contribution in [0.25, 0.3) is 0 Å². The number of rotatable bonds is 3. The molecular formula is C15H13BrFNOS. The van der Waals surface area contributed by atoms with E-state index in [2.05, 4.69) is 33.9 Å². The van der Waals surface area contributed by atoms with Gasteiger partial charge in [0.2, 0.25) is 0 Å². The van der Waals surface area contributed by atoms with E-state index in [1.54, 1.807) is 6.07 Å². The van der Waals surface area contributed by atoms with Crippen molar-refractivity contribution >= 4 is 40.2 Å². The van der Waals surface area contributed by atoms with Crippen molar-refractivity contribution in [1.29, 1.82) is 0 Å². The summed E-state index contributed by atoms with van der Waals surface area (Å²) in [7, 11) is 0. The maximum atomic E-state index is 13.7. The summed E-state index contributed by atoms with van der Waals surface area (Å²) >= 11 is 7.51. The van der Waals surface area contributed by atoms with E-state index in [1.807, 2.05) is 19.1 Å². The molecule has 0 fully saturated rings. The van der Waals surface area contributed by atoms with Gasteiger partial charge in [0, 0.05) is 15.1 Å². The number of hydrogen-bond donors (Lipinski definition) is 2. The Bertz CT molecular complexity index is 660. The zero-order valence-electron chi connectivity index (χ0n) is 10.8. The van der Waals surface area contributed by atoms with Crippen LogP contribution in [0.3, 0.4) is 0 Å². The van der Waals surface area contributed by atoms with Gasteiger partial charge in [-0.1, -0.05) is 22.9 Å². The molecule has 0 aliphatic rings. The lowest BCUT2D eigenvalue weighted by Crippen LogP contribution is -2.15. The summed E-state index contributed by atoms with van der Waals surface area (Å²) in [6.45, 7) is 1.99. The molecule has 5 heteroatoms. The lowest BCUT2D eigenvalue weighted by molar-refractivity contribution is 0.102. The Morgan fingerprint density at radius 2 is 2.05 bits per heavy atom. The number of hydrogen-bond acceptors (Lipinski definition) is 2. The summed E-state index contributed by atoms with van der Waals surface area (Å²) in [5.74, 6) is -1.04. The summed E-state index contributed by atoms with van der Waals surface area (Å²) < 4.78 is 14.6. The van der Waals surface area contributed by atoms with Crippen molar-refractivity contribution in [3.8, 4) is 0 Å². The summed E-state index contributed by atoms with van der Waals surface area (Å²) in [5.41, 5.74) is 1.65. The average Bonchev–Trinajstić information content (AvgIpc) is 2.43. The second-order valence-electron chi connectivity index (χ2n) is 4.27. The Labute approximate surface area is 130 Å². The summed E-state index contributed by atoms with van der Waals surface area (Å²) in [6.07, 6.45) is 0.768. The third-order valence-electron chi connectivity index (χ3n) is 2.89. The first-order chi connectivity index (χ1) is 9.51. The molecule has 2 aromatic carbocycles. The number of amides is 1. The topological polar surface area (TPSA) is 29.1 Å².